The van der Waals surface area contributed by atoms with Gasteiger partial charge in [-0.15, -0.1) is 0 Å². The maximum Gasteiger partial charge on any atom is 0.252 e. The Morgan fingerprint density at radius 3 is 2.22 bits per heavy atom. The fourth-order valence-corrected chi connectivity index (χ4v) is 3.27. The zero-order valence-corrected chi connectivity index (χ0v) is 16.3. The number of fused-ring (bicyclic) bond motifs is 1. The Morgan fingerprint density at radius 1 is 1.00 bits per heavy atom. The summed E-state index contributed by atoms with van der Waals surface area (Å²) in [5.41, 5.74) is 0.993. The van der Waals surface area contributed by atoms with E-state index in [9.17, 15) is 4.79 Å². The molecule has 1 heterocycles. The summed E-state index contributed by atoms with van der Waals surface area (Å²) in [5, 5.41) is 3.12. The molecular weight excluding hydrogens is 346 g/mol. The molecule has 27 heavy (non-hydrogen) atoms. The van der Waals surface area contributed by atoms with Crippen molar-refractivity contribution in [3.63, 3.8) is 0 Å². The molecule has 6 heteroatoms. The molecule has 3 rings (SSSR count). The molecule has 0 bridgehead atoms. The molecule has 2 aromatic rings. The van der Waals surface area contributed by atoms with Crippen LogP contribution in [0.15, 0.2) is 36.4 Å². The van der Waals surface area contributed by atoms with E-state index in [1.54, 1.807) is 39.5 Å². The third kappa shape index (κ3) is 4.10. The topological polar surface area (TPSA) is 66.0 Å². The van der Waals surface area contributed by atoms with Crippen LogP contribution in [0.1, 0.15) is 42.2 Å². The molecule has 1 aliphatic heterocycles. The quantitative estimate of drug-likeness (QED) is 0.867. The van der Waals surface area contributed by atoms with Gasteiger partial charge in [0.2, 0.25) is 0 Å². The second-order valence-electron chi connectivity index (χ2n) is 7.10. The molecule has 0 spiro atoms. The number of benzene rings is 2. The van der Waals surface area contributed by atoms with E-state index in [1.807, 2.05) is 32.0 Å². The van der Waals surface area contributed by atoms with Crippen molar-refractivity contribution in [2.75, 3.05) is 21.3 Å². The summed E-state index contributed by atoms with van der Waals surface area (Å²) >= 11 is 0. The van der Waals surface area contributed by atoms with Crippen LogP contribution in [0.2, 0.25) is 0 Å². The zero-order chi connectivity index (χ0) is 19.6. The SMILES string of the molecule is COc1cc(OC)cc(C(=O)N[C@@H]2CC(C)(C)Oc3cc(OC)ccc32)c1. The van der Waals surface area contributed by atoms with E-state index >= 15 is 0 Å². The molecule has 1 N–H and O–H groups in total. The number of hydrogen-bond acceptors (Lipinski definition) is 5. The lowest BCUT2D eigenvalue weighted by molar-refractivity contribution is 0.0617. The Kier molecular flexibility index (Phi) is 5.17. The van der Waals surface area contributed by atoms with Gasteiger partial charge in [0, 0.05) is 29.7 Å². The van der Waals surface area contributed by atoms with Gasteiger partial charge in [-0.2, -0.15) is 0 Å². The van der Waals surface area contributed by atoms with Gasteiger partial charge in [0.25, 0.3) is 5.91 Å². The lowest BCUT2D eigenvalue weighted by Crippen LogP contribution is -2.41. The van der Waals surface area contributed by atoms with Crippen LogP contribution in [-0.2, 0) is 0 Å². The van der Waals surface area contributed by atoms with Gasteiger partial charge < -0.3 is 24.3 Å². The highest BCUT2D eigenvalue weighted by Gasteiger charge is 2.35. The van der Waals surface area contributed by atoms with E-state index in [0.717, 1.165) is 11.3 Å². The summed E-state index contributed by atoms with van der Waals surface area (Å²) in [6.45, 7) is 4.01. The lowest BCUT2D eigenvalue weighted by atomic mass is 9.89. The number of carbonyl (C=O) groups excluding carboxylic acids is 1. The zero-order valence-electron chi connectivity index (χ0n) is 16.3. The van der Waals surface area contributed by atoms with E-state index in [2.05, 4.69) is 5.32 Å². The molecule has 2 aromatic carbocycles. The smallest absolute Gasteiger partial charge is 0.252 e. The Labute approximate surface area is 159 Å². The van der Waals surface area contributed by atoms with E-state index in [-0.39, 0.29) is 11.9 Å². The summed E-state index contributed by atoms with van der Waals surface area (Å²) < 4.78 is 21.9. The maximum atomic E-state index is 12.9. The van der Waals surface area contributed by atoms with Gasteiger partial charge in [-0.3, -0.25) is 4.79 Å². The van der Waals surface area contributed by atoms with Crippen molar-refractivity contribution in [2.45, 2.75) is 31.9 Å². The number of hydrogen-bond donors (Lipinski definition) is 1. The van der Waals surface area contributed by atoms with Crippen LogP contribution in [0.25, 0.3) is 0 Å². The Bertz CT molecular complexity index is 824. The molecule has 1 atom stereocenters. The molecule has 0 unspecified atom stereocenters. The normalized spacial score (nSPS) is 17.3. The first kappa shape index (κ1) is 18.9. The minimum Gasteiger partial charge on any atom is -0.497 e. The van der Waals surface area contributed by atoms with Gasteiger partial charge in [-0.05, 0) is 38.1 Å². The maximum absolute atomic E-state index is 12.9. The van der Waals surface area contributed by atoms with Crippen LogP contribution in [0.5, 0.6) is 23.0 Å². The molecule has 0 aromatic heterocycles. The van der Waals surface area contributed by atoms with Crippen LogP contribution >= 0.6 is 0 Å². The number of rotatable bonds is 5. The molecule has 0 fully saturated rings. The van der Waals surface area contributed by atoms with Gasteiger partial charge in [0.15, 0.2) is 0 Å². The first-order chi connectivity index (χ1) is 12.8. The van der Waals surface area contributed by atoms with Crippen LogP contribution < -0.4 is 24.3 Å². The van der Waals surface area contributed by atoms with Crippen molar-refractivity contribution in [3.05, 3.63) is 47.5 Å². The van der Waals surface area contributed by atoms with E-state index in [4.69, 9.17) is 18.9 Å². The number of methoxy groups -OCH3 is 3. The van der Waals surface area contributed by atoms with Gasteiger partial charge in [0.05, 0.1) is 27.4 Å². The van der Waals surface area contributed by atoms with Crippen LogP contribution in [0.3, 0.4) is 0 Å². The summed E-state index contributed by atoms with van der Waals surface area (Å²) in [4.78, 5) is 12.9. The Balaban J connectivity index is 1.90. The second-order valence-corrected chi connectivity index (χ2v) is 7.10. The first-order valence-electron chi connectivity index (χ1n) is 8.76. The van der Waals surface area contributed by atoms with Crippen molar-refractivity contribution in [1.29, 1.82) is 0 Å². The van der Waals surface area contributed by atoms with E-state index < -0.39 is 5.60 Å². The predicted octanol–water partition coefficient (Wildman–Crippen LogP) is 3.74. The largest absolute Gasteiger partial charge is 0.497 e. The third-order valence-corrected chi connectivity index (χ3v) is 4.60. The summed E-state index contributed by atoms with van der Waals surface area (Å²) in [6, 6.07) is 10.6. The molecule has 0 radical (unpaired) electrons. The Hall–Kier alpha value is -2.89. The molecule has 144 valence electrons. The highest BCUT2D eigenvalue weighted by molar-refractivity contribution is 5.95. The van der Waals surface area contributed by atoms with Gasteiger partial charge in [0.1, 0.15) is 28.6 Å². The summed E-state index contributed by atoms with van der Waals surface area (Å²) in [7, 11) is 4.73. The molecular formula is C21H25NO5. The number of amides is 1. The highest BCUT2D eigenvalue weighted by atomic mass is 16.5. The van der Waals surface area contributed by atoms with Crippen LogP contribution in [0.4, 0.5) is 0 Å². The molecule has 0 aliphatic carbocycles. The van der Waals surface area contributed by atoms with Crippen LogP contribution in [-0.4, -0.2) is 32.8 Å². The summed E-state index contributed by atoms with van der Waals surface area (Å²) in [5.74, 6) is 2.37. The van der Waals surface area contributed by atoms with Gasteiger partial charge in [-0.1, -0.05) is 0 Å². The summed E-state index contributed by atoms with van der Waals surface area (Å²) in [6.07, 6.45) is 0.652. The average molecular weight is 371 g/mol. The van der Waals surface area contributed by atoms with Crippen molar-refractivity contribution in [1.82, 2.24) is 5.32 Å². The molecule has 0 saturated heterocycles. The standard InChI is InChI=1S/C21H25NO5/c1-21(2)12-18(17-7-6-14(24-3)11-19(17)27-21)22-20(23)13-8-15(25-4)10-16(9-13)26-5/h6-11,18H,12H2,1-5H3,(H,22,23)/t18-/m1/s1. The molecule has 0 saturated carbocycles. The molecule has 1 amide bonds. The molecule has 6 nitrogen and oxygen atoms in total. The fourth-order valence-electron chi connectivity index (χ4n) is 3.27. The average Bonchev–Trinajstić information content (AvgIpc) is 2.65. The first-order valence-corrected chi connectivity index (χ1v) is 8.76. The van der Waals surface area contributed by atoms with Gasteiger partial charge >= 0.3 is 0 Å². The number of carbonyl (C=O) groups is 1. The van der Waals surface area contributed by atoms with Gasteiger partial charge in [-0.25, -0.2) is 0 Å². The Morgan fingerprint density at radius 2 is 1.63 bits per heavy atom. The lowest BCUT2D eigenvalue weighted by Gasteiger charge is -2.38. The fraction of sp³-hybridized carbons (Fsp3) is 0.381. The van der Waals surface area contributed by atoms with Crippen molar-refractivity contribution < 1.29 is 23.7 Å². The second kappa shape index (κ2) is 7.39. The van der Waals surface area contributed by atoms with Crippen molar-refractivity contribution in [2.24, 2.45) is 0 Å². The minimum absolute atomic E-state index is 0.181. The monoisotopic (exact) mass is 371 g/mol. The van der Waals surface area contributed by atoms with Crippen LogP contribution in [0, 0.1) is 0 Å². The predicted molar refractivity (Wildman–Crippen MR) is 102 cm³/mol. The van der Waals surface area contributed by atoms with Crippen molar-refractivity contribution >= 4 is 5.91 Å². The van der Waals surface area contributed by atoms with Crippen molar-refractivity contribution in [3.8, 4) is 23.0 Å². The van der Waals surface area contributed by atoms with E-state index in [1.165, 1.54) is 0 Å². The third-order valence-electron chi connectivity index (χ3n) is 4.60. The minimum atomic E-state index is -0.413. The van der Waals surface area contributed by atoms with E-state index in [0.29, 0.717) is 29.2 Å². The number of nitrogens with one attached hydrogen (secondary N) is 1. The molecule has 1 aliphatic rings. The number of ether oxygens (including phenoxy) is 4. The highest BCUT2D eigenvalue weighted by Crippen LogP contribution is 2.41.